The van der Waals surface area contributed by atoms with Crippen LogP contribution in [0.2, 0.25) is 0 Å². The van der Waals surface area contributed by atoms with Crippen LogP contribution < -0.4 is 10.6 Å². The molecule has 2 aromatic rings. The highest BCUT2D eigenvalue weighted by Gasteiger charge is 2.25. The number of hydrogen-bond donors (Lipinski definition) is 2. The molecule has 0 saturated heterocycles. The third-order valence-electron chi connectivity index (χ3n) is 3.49. The smallest absolute Gasteiger partial charge is 0.286 e. The van der Waals surface area contributed by atoms with Crippen LogP contribution >= 0.6 is 0 Å². The van der Waals surface area contributed by atoms with Gasteiger partial charge in [-0.05, 0) is 12.5 Å². The molecule has 5 heteroatoms. The van der Waals surface area contributed by atoms with Gasteiger partial charge < -0.3 is 15.1 Å². The molecule has 22 heavy (non-hydrogen) atoms. The molecule has 0 spiro atoms. The van der Waals surface area contributed by atoms with Gasteiger partial charge in [0.15, 0.2) is 5.76 Å². The minimum absolute atomic E-state index is 0.128. The van der Waals surface area contributed by atoms with E-state index in [0.29, 0.717) is 17.9 Å². The zero-order valence-corrected chi connectivity index (χ0v) is 13.0. The molecule has 2 amide bonds. The fourth-order valence-electron chi connectivity index (χ4n) is 2.29. The first-order valence-corrected chi connectivity index (χ1v) is 7.27. The molecule has 1 heterocycles. The van der Waals surface area contributed by atoms with Gasteiger partial charge in [0.1, 0.15) is 5.76 Å². The summed E-state index contributed by atoms with van der Waals surface area (Å²) in [5, 5.41) is 5.26. The van der Waals surface area contributed by atoms with Crippen LogP contribution in [0.3, 0.4) is 0 Å². The van der Waals surface area contributed by atoms with Gasteiger partial charge in [0.2, 0.25) is 0 Å². The molecule has 116 valence electrons. The Bertz CT molecular complexity index is 662. The first-order valence-electron chi connectivity index (χ1n) is 7.27. The Morgan fingerprint density at radius 3 is 2.45 bits per heavy atom. The van der Waals surface area contributed by atoms with E-state index in [2.05, 4.69) is 10.6 Å². The monoisotopic (exact) mass is 300 g/mol. The van der Waals surface area contributed by atoms with Crippen molar-refractivity contribution in [3.05, 3.63) is 59.0 Å². The van der Waals surface area contributed by atoms with Gasteiger partial charge in [0.25, 0.3) is 11.8 Å². The van der Waals surface area contributed by atoms with Crippen molar-refractivity contribution in [3.63, 3.8) is 0 Å². The van der Waals surface area contributed by atoms with Gasteiger partial charge in [0, 0.05) is 25.6 Å². The number of benzene rings is 1. The van der Waals surface area contributed by atoms with Crippen LogP contribution in [0, 0.1) is 0 Å². The van der Waals surface area contributed by atoms with Gasteiger partial charge in [-0.3, -0.25) is 9.59 Å². The Labute approximate surface area is 129 Å². The number of carbonyl (C=O) groups excluding carboxylic acids is 2. The van der Waals surface area contributed by atoms with Crippen LogP contribution in [-0.2, 0) is 0 Å². The normalized spacial score (nSPS) is 11.8. The molecule has 0 aliphatic rings. The quantitative estimate of drug-likeness (QED) is 0.891. The Hall–Kier alpha value is -2.56. The molecular weight excluding hydrogens is 280 g/mol. The summed E-state index contributed by atoms with van der Waals surface area (Å²) in [5.74, 6) is -0.0780. The van der Waals surface area contributed by atoms with Crippen LogP contribution in [0.4, 0.5) is 0 Å². The lowest BCUT2D eigenvalue weighted by Crippen LogP contribution is -2.23. The van der Waals surface area contributed by atoms with Gasteiger partial charge in [-0.1, -0.05) is 37.3 Å². The minimum Gasteiger partial charge on any atom is -0.454 e. The third kappa shape index (κ3) is 3.19. The molecule has 0 aliphatic heterocycles. The fourth-order valence-corrected chi connectivity index (χ4v) is 2.29. The Morgan fingerprint density at radius 1 is 1.18 bits per heavy atom. The Morgan fingerprint density at radius 2 is 1.86 bits per heavy atom. The SMILES string of the molecule is CCNC(=O)c1cc(C(=O)NC)oc1C(C)c1ccccc1. The lowest BCUT2D eigenvalue weighted by molar-refractivity contribution is 0.0929. The highest BCUT2D eigenvalue weighted by Crippen LogP contribution is 2.29. The molecule has 0 radical (unpaired) electrons. The molecule has 2 N–H and O–H groups in total. The van der Waals surface area contributed by atoms with Crippen molar-refractivity contribution in [2.45, 2.75) is 19.8 Å². The molecule has 1 atom stereocenters. The summed E-state index contributed by atoms with van der Waals surface area (Å²) in [5.41, 5.74) is 1.42. The van der Waals surface area contributed by atoms with Crippen LogP contribution in [0.25, 0.3) is 0 Å². The molecule has 2 rings (SSSR count). The maximum atomic E-state index is 12.2. The summed E-state index contributed by atoms with van der Waals surface area (Å²) in [4.78, 5) is 24.0. The predicted octanol–water partition coefficient (Wildman–Crippen LogP) is 2.54. The summed E-state index contributed by atoms with van der Waals surface area (Å²) in [6.45, 7) is 4.31. The molecule has 0 saturated carbocycles. The van der Waals surface area contributed by atoms with Crippen molar-refractivity contribution in [2.75, 3.05) is 13.6 Å². The lowest BCUT2D eigenvalue weighted by Gasteiger charge is -2.11. The number of hydrogen-bond acceptors (Lipinski definition) is 3. The highest BCUT2D eigenvalue weighted by atomic mass is 16.4. The van der Waals surface area contributed by atoms with E-state index in [1.54, 1.807) is 0 Å². The van der Waals surface area contributed by atoms with Crippen LogP contribution in [0.15, 0.2) is 40.8 Å². The molecule has 0 bridgehead atoms. The maximum Gasteiger partial charge on any atom is 0.286 e. The van der Waals surface area contributed by atoms with E-state index in [-0.39, 0.29) is 23.5 Å². The summed E-state index contributed by atoms with van der Waals surface area (Å²) in [7, 11) is 1.52. The van der Waals surface area contributed by atoms with E-state index in [1.165, 1.54) is 13.1 Å². The molecule has 1 aromatic carbocycles. The molecule has 0 fully saturated rings. The standard InChI is InChI=1S/C17H20N2O3/c1-4-19-16(20)13-10-14(17(21)18-3)22-15(13)11(2)12-8-6-5-7-9-12/h5-11H,4H2,1-3H3,(H,18,21)(H,19,20). The number of amides is 2. The number of furan rings is 1. The first-order chi connectivity index (χ1) is 10.6. The second-order valence-corrected chi connectivity index (χ2v) is 4.96. The summed E-state index contributed by atoms with van der Waals surface area (Å²) in [6, 6.07) is 11.2. The predicted molar refractivity (Wildman–Crippen MR) is 84.1 cm³/mol. The highest BCUT2D eigenvalue weighted by molar-refractivity contribution is 5.99. The summed E-state index contributed by atoms with van der Waals surface area (Å²) >= 11 is 0. The van der Waals surface area contributed by atoms with Crippen LogP contribution in [0.1, 0.15) is 52.0 Å². The van der Waals surface area contributed by atoms with Crippen LogP contribution in [-0.4, -0.2) is 25.4 Å². The van der Waals surface area contributed by atoms with Gasteiger partial charge >= 0.3 is 0 Å². The van der Waals surface area contributed by atoms with Gasteiger partial charge in [0.05, 0.1) is 5.56 Å². The van der Waals surface area contributed by atoms with Gasteiger partial charge in [-0.25, -0.2) is 0 Å². The average molecular weight is 300 g/mol. The molecule has 1 aromatic heterocycles. The van der Waals surface area contributed by atoms with E-state index in [4.69, 9.17) is 4.42 Å². The summed E-state index contributed by atoms with van der Waals surface area (Å²) < 4.78 is 5.68. The zero-order chi connectivity index (χ0) is 16.1. The number of carbonyl (C=O) groups is 2. The Kier molecular flexibility index (Phi) is 4.99. The van der Waals surface area contributed by atoms with E-state index >= 15 is 0 Å². The molecular formula is C17H20N2O3. The second kappa shape index (κ2) is 6.93. The first kappa shape index (κ1) is 15.8. The van der Waals surface area contributed by atoms with Crippen molar-refractivity contribution in [1.29, 1.82) is 0 Å². The van der Waals surface area contributed by atoms with E-state index < -0.39 is 0 Å². The molecule has 0 aliphatic carbocycles. The van der Waals surface area contributed by atoms with Crippen molar-refractivity contribution < 1.29 is 14.0 Å². The van der Waals surface area contributed by atoms with Crippen molar-refractivity contribution >= 4 is 11.8 Å². The molecule has 5 nitrogen and oxygen atoms in total. The van der Waals surface area contributed by atoms with Gasteiger partial charge in [-0.15, -0.1) is 0 Å². The lowest BCUT2D eigenvalue weighted by atomic mass is 9.96. The van der Waals surface area contributed by atoms with Crippen molar-refractivity contribution in [2.24, 2.45) is 0 Å². The van der Waals surface area contributed by atoms with Crippen LogP contribution in [0.5, 0.6) is 0 Å². The maximum absolute atomic E-state index is 12.2. The number of nitrogens with one attached hydrogen (secondary N) is 2. The van der Waals surface area contributed by atoms with Crippen molar-refractivity contribution in [3.8, 4) is 0 Å². The average Bonchev–Trinajstić information content (AvgIpc) is 2.99. The van der Waals surface area contributed by atoms with Gasteiger partial charge in [-0.2, -0.15) is 0 Å². The Balaban J connectivity index is 2.45. The van der Waals surface area contributed by atoms with E-state index in [0.717, 1.165) is 5.56 Å². The largest absolute Gasteiger partial charge is 0.454 e. The molecule has 1 unspecified atom stereocenters. The second-order valence-electron chi connectivity index (χ2n) is 4.96. The minimum atomic E-state index is -0.350. The number of rotatable bonds is 5. The third-order valence-corrected chi connectivity index (χ3v) is 3.49. The fraction of sp³-hybridized carbons (Fsp3) is 0.294. The summed E-state index contributed by atoms with van der Waals surface area (Å²) in [6.07, 6.45) is 0. The van der Waals surface area contributed by atoms with E-state index in [9.17, 15) is 9.59 Å². The zero-order valence-electron chi connectivity index (χ0n) is 13.0. The van der Waals surface area contributed by atoms with Crippen molar-refractivity contribution in [1.82, 2.24) is 10.6 Å². The topological polar surface area (TPSA) is 71.3 Å². The van der Waals surface area contributed by atoms with E-state index in [1.807, 2.05) is 44.2 Å².